The molecule has 1 aliphatic rings. The topological polar surface area (TPSA) is 54.5 Å². The Morgan fingerprint density at radius 3 is 2.69 bits per heavy atom. The van der Waals surface area contributed by atoms with Gasteiger partial charge in [-0.25, -0.2) is 4.98 Å². The number of benzene rings is 2. The second-order valence-electron chi connectivity index (χ2n) is 7.17. The molecule has 0 atom stereocenters. The lowest BCUT2D eigenvalue weighted by molar-refractivity contribution is 0.102. The zero-order chi connectivity index (χ0) is 19.9. The predicted octanol–water partition coefficient (Wildman–Crippen LogP) is 5.35. The number of ether oxygens (including phenoxy) is 1. The van der Waals surface area contributed by atoms with Crippen LogP contribution in [-0.4, -0.2) is 24.0 Å². The van der Waals surface area contributed by atoms with E-state index in [9.17, 15) is 4.79 Å². The van der Waals surface area contributed by atoms with Crippen molar-refractivity contribution in [2.24, 2.45) is 0 Å². The van der Waals surface area contributed by atoms with E-state index < -0.39 is 0 Å². The summed E-state index contributed by atoms with van der Waals surface area (Å²) in [5, 5.41) is 5.05. The second-order valence-corrected chi connectivity index (χ2v) is 7.89. The number of aromatic nitrogens is 1. The van der Waals surface area contributed by atoms with E-state index in [1.54, 1.807) is 17.6 Å². The molecule has 5 nitrogen and oxygen atoms in total. The average molecular weight is 408 g/mol. The summed E-state index contributed by atoms with van der Waals surface area (Å²) in [6.45, 7) is 2.46. The molecule has 2 aromatic carbocycles. The number of thiazole rings is 1. The lowest BCUT2D eigenvalue weighted by Crippen LogP contribution is -2.25. The predicted molar refractivity (Wildman–Crippen MR) is 118 cm³/mol. The van der Waals surface area contributed by atoms with Gasteiger partial charge >= 0.3 is 0 Å². The molecule has 1 N–H and O–H groups in total. The van der Waals surface area contributed by atoms with Gasteiger partial charge in [0.25, 0.3) is 5.91 Å². The third-order valence-electron chi connectivity index (χ3n) is 5.07. The normalized spacial score (nSPS) is 14.3. The molecular weight excluding hydrogens is 382 g/mol. The molecule has 0 spiro atoms. The molecule has 3 aromatic rings. The Morgan fingerprint density at radius 1 is 1.07 bits per heavy atom. The maximum atomic E-state index is 12.9. The van der Waals surface area contributed by atoms with E-state index in [1.807, 2.05) is 35.7 Å². The van der Waals surface area contributed by atoms with Crippen molar-refractivity contribution in [2.75, 3.05) is 23.3 Å². The Balaban J connectivity index is 1.46. The zero-order valence-corrected chi connectivity index (χ0v) is 17.2. The summed E-state index contributed by atoms with van der Waals surface area (Å²) in [5.74, 6) is 0.526. The standard InChI is InChI=1S/C23H25N3O2S/c27-23(18-8-7-9-20(14-18)28-15-19-16-29-17-24-19)25-21-10-3-4-11-22(21)26-12-5-1-2-6-13-26/h3-4,7-11,14,16-17H,1-2,5-6,12-13,15H2,(H,25,27). The molecule has 1 aliphatic heterocycles. The summed E-state index contributed by atoms with van der Waals surface area (Å²) in [4.78, 5) is 19.5. The van der Waals surface area contributed by atoms with E-state index in [0.717, 1.165) is 30.2 Å². The minimum absolute atomic E-state index is 0.133. The first-order valence-electron chi connectivity index (χ1n) is 10.0. The number of anilines is 2. The first-order valence-corrected chi connectivity index (χ1v) is 11.0. The van der Waals surface area contributed by atoms with Crippen LogP contribution in [0.15, 0.2) is 59.4 Å². The fourth-order valence-electron chi connectivity index (χ4n) is 3.55. The first kappa shape index (κ1) is 19.5. The van der Waals surface area contributed by atoms with E-state index >= 15 is 0 Å². The van der Waals surface area contributed by atoms with Gasteiger partial charge in [-0.15, -0.1) is 11.3 Å². The van der Waals surface area contributed by atoms with Gasteiger partial charge < -0.3 is 15.0 Å². The summed E-state index contributed by atoms with van der Waals surface area (Å²) in [7, 11) is 0. The van der Waals surface area contributed by atoms with E-state index in [4.69, 9.17) is 4.74 Å². The number of rotatable bonds is 6. The molecule has 1 amide bonds. The van der Waals surface area contributed by atoms with Gasteiger partial charge in [-0.3, -0.25) is 4.79 Å². The molecule has 0 radical (unpaired) electrons. The minimum atomic E-state index is -0.133. The summed E-state index contributed by atoms with van der Waals surface area (Å²) in [5.41, 5.74) is 5.19. The third-order valence-corrected chi connectivity index (χ3v) is 5.70. The van der Waals surface area contributed by atoms with Gasteiger partial charge in [0.15, 0.2) is 0 Å². The smallest absolute Gasteiger partial charge is 0.255 e. The number of nitrogens with zero attached hydrogens (tertiary/aromatic N) is 2. The Bertz CT molecular complexity index is 935. The Morgan fingerprint density at radius 2 is 1.90 bits per heavy atom. The van der Waals surface area contributed by atoms with E-state index in [1.165, 1.54) is 37.0 Å². The molecule has 1 aromatic heterocycles. The number of para-hydroxylation sites is 2. The lowest BCUT2D eigenvalue weighted by atomic mass is 10.1. The highest BCUT2D eigenvalue weighted by molar-refractivity contribution is 7.07. The Labute approximate surface area is 175 Å². The van der Waals surface area contributed by atoms with Gasteiger partial charge in [0, 0.05) is 24.0 Å². The quantitative estimate of drug-likeness (QED) is 0.598. The van der Waals surface area contributed by atoms with Crippen LogP contribution in [0, 0.1) is 0 Å². The van der Waals surface area contributed by atoms with Crippen LogP contribution in [0.1, 0.15) is 41.7 Å². The maximum Gasteiger partial charge on any atom is 0.255 e. The summed E-state index contributed by atoms with van der Waals surface area (Å²) in [6, 6.07) is 15.3. The highest BCUT2D eigenvalue weighted by Crippen LogP contribution is 2.28. The zero-order valence-electron chi connectivity index (χ0n) is 16.3. The third kappa shape index (κ3) is 5.15. The number of amides is 1. The summed E-state index contributed by atoms with van der Waals surface area (Å²) >= 11 is 1.54. The first-order chi connectivity index (χ1) is 14.3. The van der Waals surface area contributed by atoms with E-state index in [2.05, 4.69) is 21.3 Å². The second kappa shape index (κ2) is 9.56. The molecule has 2 heterocycles. The van der Waals surface area contributed by atoms with Crippen molar-refractivity contribution in [3.63, 3.8) is 0 Å². The Hall–Kier alpha value is -2.86. The summed E-state index contributed by atoms with van der Waals surface area (Å²) in [6.07, 6.45) is 4.94. The minimum Gasteiger partial charge on any atom is -0.487 e. The van der Waals surface area contributed by atoms with Gasteiger partial charge in [0.2, 0.25) is 0 Å². The molecule has 1 fully saturated rings. The van der Waals surface area contributed by atoms with E-state index in [0.29, 0.717) is 17.9 Å². The van der Waals surface area contributed by atoms with Crippen molar-refractivity contribution in [2.45, 2.75) is 32.3 Å². The van der Waals surface area contributed by atoms with Crippen LogP contribution in [0.4, 0.5) is 11.4 Å². The summed E-state index contributed by atoms with van der Waals surface area (Å²) < 4.78 is 5.78. The average Bonchev–Trinajstić information content (AvgIpc) is 3.13. The molecule has 0 bridgehead atoms. The van der Waals surface area contributed by atoms with Crippen LogP contribution in [0.3, 0.4) is 0 Å². The number of hydrogen-bond acceptors (Lipinski definition) is 5. The fraction of sp³-hybridized carbons (Fsp3) is 0.304. The molecular formula is C23H25N3O2S. The highest BCUT2D eigenvalue weighted by atomic mass is 32.1. The van der Waals surface area contributed by atoms with Crippen molar-refractivity contribution in [1.82, 2.24) is 4.98 Å². The maximum absolute atomic E-state index is 12.9. The van der Waals surface area contributed by atoms with Crippen LogP contribution >= 0.6 is 11.3 Å². The largest absolute Gasteiger partial charge is 0.487 e. The van der Waals surface area contributed by atoms with Crippen molar-refractivity contribution in [3.05, 3.63) is 70.7 Å². The number of carbonyl (C=O) groups excluding carboxylic acids is 1. The SMILES string of the molecule is O=C(Nc1ccccc1N1CCCCCC1)c1cccc(OCc2cscn2)c1. The number of hydrogen-bond donors (Lipinski definition) is 1. The van der Waals surface area contributed by atoms with Gasteiger partial charge in [-0.05, 0) is 43.2 Å². The van der Waals surface area contributed by atoms with Crippen LogP contribution in [-0.2, 0) is 6.61 Å². The molecule has 0 aliphatic carbocycles. The van der Waals surface area contributed by atoms with E-state index in [-0.39, 0.29) is 5.91 Å². The van der Waals surface area contributed by atoms with Crippen molar-refractivity contribution in [3.8, 4) is 5.75 Å². The highest BCUT2D eigenvalue weighted by Gasteiger charge is 2.15. The Kier molecular flexibility index (Phi) is 6.42. The van der Waals surface area contributed by atoms with Crippen molar-refractivity contribution in [1.29, 1.82) is 0 Å². The van der Waals surface area contributed by atoms with Crippen LogP contribution in [0.5, 0.6) is 5.75 Å². The van der Waals surface area contributed by atoms with Gasteiger partial charge in [0.05, 0.1) is 22.6 Å². The van der Waals surface area contributed by atoms with Gasteiger partial charge in [0.1, 0.15) is 12.4 Å². The van der Waals surface area contributed by atoms with Crippen LogP contribution < -0.4 is 15.0 Å². The molecule has 0 saturated carbocycles. The van der Waals surface area contributed by atoms with Crippen LogP contribution in [0.25, 0.3) is 0 Å². The molecule has 6 heteroatoms. The lowest BCUT2D eigenvalue weighted by Gasteiger charge is -2.25. The molecule has 29 heavy (non-hydrogen) atoms. The molecule has 1 saturated heterocycles. The van der Waals surface area contributed by atoms with Crippen molar-refractivity contribution < 1.29 is 9.53 Å². The van der Waals surface area contributed by atoms with Crippen LogP contribution in [0.2, 0.25) is 0 Å². The van der Waals surface area contributed by atoms with Gasteiger partial charge in [-0.1, -0.05) is 31.0 Å². The monoisotopic (exact) mass is 407 g/mol. The number of nitrogens with one attached hydrogen (secondary N) is 1. The van der Waals surface area contributed by atoms with Gasteiger partial charge in [-0.2, -0.15) is 0 Å². The number of carbonyl (C=O) groups is 1. The van der Waals surface area contributed by atoms with Crippen molar-refractivity contribution >= 4 is 28.6 Å². The fourth-order valence-corrected chi connectivity index (χ4v) is 4.10. The molecule has 4 rings (SSSR count). The molecule has 0 unspecified atom stereocenters. The molecule has 150 valence electrons.